The van der Waals surface area contributed by atoms with Crippen molar-refractivity contribution in [3.8, 4) is 5.75 Å². The first-order chi connectivity index (χ1) is 10.2. The molecule has 0 saturated heterocycles. The molecule has 21 heavy (non-hydrogen) atoms. The third-order valence-electron chi connectivity index (χ3n) is 3.69. The molecule has 0 fully saturated rings. The van der Waals surface area contributed by atoms with Crippen LogP contribution in [-0.2, 0) is 0 Å². The minimum absolute atomic E-state index is 0.305. The van der Waals surface area contributed by atoms with E-state index in [1.165, 1.54) is 38.2 Å². The molecule has 1 aromatic carbocycles. The summed E-state index contributed by atoms with van der Waals surface area (Å²) in [7, 11) is 0. The van der Waals surface area contributed by atoms with Crippen LogP contribution in [0.4, 0.5) is 0 Å². The SMILES string of the molecule is CCCCCCCCOc1ccc2oc(=O)cc(C)c2c1. The standard InChI is InChI=1S/C18H24O3/c1-3-4-5-6-7-8-11-20-15-9-10-17-16(13-15)14(2)12-18(19)21-17/h9-10,12-13H,3-8,11H2,1-2H3. The smallest absolute Gasteiger partial charge is 0.336 e. The number of benzene rings is 1. The summed E-state index contributed by atoms with van der Waals surface area (Å²) < 4.78 is 11.0. The van der Waals surface area contributed by atoms with Crippen molar-refractivity contribution in [1.29, 1.82) is 0 Å². The molecule has 2 aromatic rings. The third-order valence-corrected chi connectivity index (χ3v) is 3.69. The van der Waals surface area contributed by atoms with Gasteiger partial charge in [0, 0.05) is 11.5 Å². The molecular weight excluding hydrogens is 264 g/mol. The Hall–Kier alpha value is -1.77. The highest BCUT2D eigenvalue weighted by Gasteiger charge is 2.04. The molecule has 2 rings (SSSR count). The van der Waals surface area contributed by atoms with Crippen LogP contribution in [0.25, 0.3) is 11.0 Å². The van der Waals surface area contributed by atoms with Gasteiger partial charge < -0.3 is 9.15 Å². The van der Waals surface area contributed by atoms with Gasteiger partial charge in [-0.15, -0.1) is 0 Å². The molecular formula is C18H24O3. The van der Waals surface area contributed by atoms with Gasteiger partial charge >= 0.3 is 5.63 Å². The fraction of sp³-hybridized carbons (Fsp3) is 0.500. The second-order valence-corrected chi connectivity index (χ2v) is 5.52. The molecule has 1 heterocycles. The predicted molar refractivity (Wildman–Crippen MR) is 86.1 cm³/mol. The zero-order chi connectivity index (χ0) is 15.1. The highest BCUT2D eigenvalue weighted by atomic mass is 16.5. The Morgan fingerprint density at radius 3 is 2.62 bits per heavy atom. The molecule has 0 atom stereocenters. The summed E-state index contributed by atoms with van der Waals surface area (Å²) in [6.07, 6.45) is 7.54. The lowest BCUT2D eigenvalue weighted by Crippen LogP contribution is -2.00. The largest absolute Gasteiger partial charge is 0.494 e. The summed E-state index contributed by atoms with van der Waals surface area (Å²) in [4.78, 5) is 11.3. The summed E-state index contributed by atoms with van der Waals surface area (Å²) in [5, 5.41) is 0.940. The number of unbranched alkanes of at least 4 members (excludes halogenated alkanes) is 5. The molecule has 0 aliphatic rings. The van der Waals surface area contributed by atoms with Crippen molar-refractivity contribution in [2.45, 2.75) is 52.4 Å². The van der Waals surface area contributed by atoms with E-state index in [1.54, 1.807) is 6.07 Å². The first-order valence-corrected chi connectivity index (χ1v) is 7.88. The van der Waals surface area contributed by atoms with E-state index in [0.717, 1.165) is 29.7 Å². The highest BCUT2D eigenvalue weighted by Crippen LogP contribution is 2.22. The lowest BCUT2D eigenvalue weighted by Gasteiger charge is -2.08. The Morgan fingerprint density at radius 2 is 1.81 bits per heavy atom. The maximum absolute atomic E-state index is 11.3. The van der Waals surface area contributed by atoms with E-state index in [1.807, 2.05) is 19.1 Å². The molecule has 0 saturated carbocycles. The van der Waals surface area contributed by atoms with E-state index >= 15 is 0 Å². The fourth-order valence-electron chi connectivity index (χ4n) is 2.46. The van der Waals surface area contributed by atoms with Crippen LogP contribution in [-0.4, -0.2) is 6.61 Å². The minimum Gasteiger partial charge on any atom is -0.494 e. The van der Waals surface area contributed by atoms with E-state index in [9.17, 15) is 4.79 Å². The van der Waals surface area contributed by atoms with Gasteiger partial charge in [0.1, 0.15) is 11.3 Å². The molecule has 1 aromatic heterocycles. The van der Waals surface area contributed by atoms with E-state index in [-0.39, 0.29) is 5.63 Å². The number of aryl methyl sites for hydroxylation is 1. The molecule has 0 bridgehead atoms. The molecule has 114 valence electrons. The molecule has 0 aliphatic carbocycles. The molecule has 3 heteroatoms. The van der Waals surface area contributed by atoms with Gasteiger partial charge in [-0.2, -0.15) is 0 Å². The van der Waals surface area contributed by atoms with Crippen molar-refractivity contribution in [1.82, 2.24) is 0 Å². The normalized spacial score (nSPS) is 11.0. The van der Waals surface area contributed by atoms with Crippen LogP contribution in [0.1, 0.15) is 51.0 Å². The number of rotatable bonds is 8. The Balaban J connectivity index is 1.87. The summed E-state index contributed by atoms with van der Waals surface area (Å²) in [6.45, 7) is 4.89. The Labute approximate surface area is 125 Å². The molecule has 0 radical (unpaired) electrons. The lowest BCUT2D eigenvalue weighted by atomic mass is 10.1. The van der Waals surface area contributed by atoms with Crippen LogP contribution in [0.15, 0.2) is 33.5 Å². The Bertz CT molecular complexity index is 628. The number of hydrogen-bond acceptors (Lipinski definition) is 3. The number of ether oxygens (including phenoxy) is 1. The van der Waals surface area contributed by atoms with Crippen LogP contribution < -0.4 is 10.4 Å². The summed E-state index contributed by atoms with van der Waals surface area (Å²) in [5.74, 6) is 0.841. The summed E-state index contributed by atoms with van der Waals surface area (Å²) in [6, 6.07) is 7.13. The van der Waals surface area contributed by atoms with E-state index in [0.29, 0.717) is 5.58 Å². The summed E-state index contributed by atoms with van der Waals surface area (Å²) >= 11 is 0. The van der Waals surface area contributed by atoms with Gasteiger partial charge in [-0.1, -0.05) is 39.0 Å². The maximum Gasteiger partial charge on any atom is 0.336 e. The number of fused-ring (bicyclic) bond motifs is 1. The topological polar surface area (TPSA) is 39.4 Å². The monoisotopic (exact) mass is 288 g/mol. The first kappa shape index (κ1) is 15.6. The molecule has 0 unspecified atom stereocenters. The second kappa shape index (κ2) is 7.87. The number of hydrogen-bond donors (Lipinski definition) is 0. The van der Waals surface area contributed by atoms with Crippen LogP contribution in [0.5, 0.6) is 5.75 Å². The third kappa shape index (κ3) is 4.62. The van der Waals surface area contributed by atoms with Crippen LogP contribution in [0, 0.1) is 6.92 Å². The Morgan fingerprint density at radius 1 is 1.05 bits per heavy atom. The van der Waals surface area contributed by atoms with E-state index in [4.69, 9.17) is 9.15 Å². The van der Waals surface area contributed by atoms with Crippen molar-refractivity contribution in [2.24, 2.45) is 0 Å². The molecule has 3 nitrogen and oxygen atoms in total. The van der Waals surface area contributed by atoms with E-state index in [2.05, 4.69) is 6.92 Å². The molecule has 0 aliphatic heterocycles. The summed E-state index contributed by atoms with van der Waals surface area (Å²) in [5.41, 5.74) is 1.24. The van der Waals surface area contributed by atoms with Crippen molar-refractivity contribution in [2.75, 3.05) is 6.61 Å². The van der Waals surface area contributed by atoms with Gasteiger partial charge in [-0.05, 0) is 37.1 Å². The van der Waals surface area contributed by atoms with Gasteiger partial charge in [-0.3, -0.25) is 0 Å². The Kier molecular flexibility index (Phi) is 5.85. The van der Waals surface area contributed by atoms with Gasteiger partial charge in [0.05, 0.1) is 6.61 Å². The predicted octanol–water partition coefficient (Wildman–Crippen LogP) is 4.84. The fourth-order valence-corrected chi connectivity index (χ4v) is 2.46. The van der Waals surface area contributed by atoms with Crippen LogP contribution in [0.3, 0.4) is 0 Å². The lowest BCUT2D eigenvalue weighted by molar-refractivity contribution is 0.304. The molecule has 0 N–H and O–H groups in total. The van der Waals surface area contributed by atoms with Crippen molar-refractivity contribution < 1.29 is 9.15 Å². The first-order valence-electron chi connectivity index (χ1n) is 7.88. The zero-order valence-corrected chi connectivity index (χ0v) is 13.0. The van der Waals surface area contributed by atoms with Crippen LogP contribution in [0.2, 0.25) is 0 Å². The molecule has 0 amide bonds. The van der Waals surface area contributed by atoms with Gasteiger partial charge in [0.15, 0.2) is 0 Å². The highest BCUT2D eigenvalue weighted by molar-refractivity contribution is 5.81. The van der Waals surface area contributed by atoms with Crippen molar-refractivity contribution >= 4 is 11.0 Å². The quantitative estimate of drug-likeness (QED) is 0.515. The maximum atomic E-state index is 11.3. The average molecular weight is 288 g/mol. The van der Waals surface area contributed by atoms with Crippen molar-refractivity contribution in [3.05, 3.63) is 40.2 Å². The van der Waals surface area contributed by atoms with Gasteiger partial charge in [0.2, 0.25) is 0 Å². The molecule has 0 spiro atoms. The van der Waals surface area contributed by atoms with E-state index < -0.39 is 0 Å². The average Bonchev–Trinajstić information content (AvgIpc) is 2.46. The van der Waals surface area contributed by atoms with Crippen molar-refractivity contribution in [3.63, 3.8) is 0 Å². The van der Waals surface area contributed by atoms with Gasteiger partial charge in [0.25, 0.3) is 0 Å². The van der Waals surface area contributed by atoms with Crippen LogP contribution >= 0.6 is 0 Å². The minimum atomic E-state index is -0.305. The van der Waals surface area contributed by atoms with Gasteiger partial charge in [-0.25, -0.2) is 4.79 Å². The second-order valence-electron chi connectivity index (χ2n) is 5.52. The zero-order valence-electron chi connectivity index (χ0n) is 13.0.